The predicted molar refractivity (Wildman–Crippen MR) is 80.3 cm³/mol. The molecule has 0 saturated carbocycles. The van der Waals surface area contributed by atoms with Gasteiger partial charge in [-0.25, -0.2) is 0 Å². The van der Waals surface area contributed by atoms with Crippen molar-refractivity contribution in [1.29, 1.82) is 0 Å². The molecule has 0 aliphatic heterocycles. The maximum Gasteiger partial charge on any atom is 2.00 e. The Bertz CT molecular complexity index is 313. The Morgan fingerprint density at radius 3 is 1.62 bits per heavy atom. The molecule has 116 valence electrons. The van der Waals surface area contributed by atoms with Crippen LogP contribution in [0, 0.1) is 0 Å². The van der Waals surface area contributed by atoms with E-state index in [0.717, 1.165) is 19.3 Å². The van der Waals surface area contributed by atoms with Gasteiger partial charge in [0, 0.05) is 0 Å². The molecule has 0 radical (unpaired) electrons. The number of carboxylic acid groups (broad SMARTS) is 2. The molecule has 0 fully saturated rings. The van der Waals surface area contributed by atoms with Gasteiger partial charge < -0.3 is 19.8 Å². The Morgan fingerprint density at radius 1 is 0.810 bits per heavy atom. The van der Waals surface area contributed by atoms with E-state index in [4.69, 9.17) is 0 Å². The van der Waals surface area contributed by atoms with E-state index in [1.807, 2.05) is 0 Å². The van der Waals surface area contributed by atoms with Crippen LogP contribution in [0.1, 0.15) is 77.6 Å². The van der Waals surface area contributed by atoms with Crippen molar-refractivity contribution in [1.82, 2.24) is 0 Å². The summed E-state index contributed by atoms with van der Waals surface area (Å²) in [7, 11) is 0. The largest absolute Gasteiger partial charge is 2.00 e. The van der Waals surface area contributed by atoms with E-state index in [9.17, 15) is 19.8 Å². The van der Waals surface area contributed by atoms with Crippen LogP contribution in [0.3, 0.4) is 0 Å². The summed E-state index contributed by atoms with van der Waals surface area (Å²) in [6, 6.07) is 0. The maximum absolute atomic E-state index is 10.7. The molecule has 0 aromatic rings. The fraction of sp³-hybridized carbons (Fsp3) is 0.750. The summed E-state index contributed by atoms with van der Waals surface area (Å²) in [6.07, 6.45) is 12.4. The Balaban J connectivity index is 0. The number of hydrogen-bond acceptors (Lipinski definition) is 4. The van der Waals surface area contributed by atoms with E-state index in [1.165, 1.54) is 38.5 Å². The zero-order chi connectivity index (χ0) is 15.2. The third-order valence-corrected chi connectivity index (χ3v) is 3.35. The van der Waals surface area contributed by atoms with Crippen molar-refractivity contribution >= 4 is 49.7 Å². The van der Waals surface area contributed by atoms with Crippen LogP contribution in [0.2, 0.25) is 0 Å². The summed E-state index contributed by atoms with van der Waals surface area (Å²) in [5.74, 6) is -2.89. The smallest absolute Gasteiger partial charge is 0.545 e. The van der Waals surface area contributed by atoms with Crippen molar-refractivity contribution in [2.75, 3.05) is 0 Å². The van der Waals surface area contributed by atoms with Gasteiger partial charge in [-0.2, -0.15) is 0 Å². The molecule has 4 nitrogen and oxygen atoms in total. The van der Waals surface area contributed by atoms with Crippen LogP contribution in [0.15, 0.2) is 11.6 Å². The van der Waals surface area contributed by atoms with E-state index in [0.29, 0.717) is 12.5 Å². The van der Waals surface area contributed by atoms with E-state index < -0.39 is 11.9 Å². The predicted octanol–water partition coefficient (Wildman–Crippen LogP) is 1.34. The number of aliphatic carboxylic acids is 2. The average molecular weight is 322 g/mol. The number of carbonyl (C=O) groups is 2. The number of rotatable bonds is 13. The van der Waals surface area contributed by atoms with E-state index >= 15 is 0 Å². The molecule has 0 heterocycles. The molecule has 0 aliphatic rings. The van der Waals surface area contributed by atoms with Gasteiger partial charge in [0.05, 0.1) is 11.9 Å². The summed E-state index contributed by atoms with van der Waals surface area (Å²) in [5, 5.41) is 21.0. The monoisotopic (exact) mass is 322 g/mol. The molecule has 5 heteroatoms. The van der Waals surface area contributed by atoms with Gasteiger partial charge in [0.15, 0.2) is 0 Å². The Morgan fingerprint density at radius 2 is 1.24 bits per heavy atom. The molecule has 0 aromatic heterocycles. The first kappa shape index (κ1) is 23.2. The first-order chi connectivity index (χ1) is 9.57. The number of carbonyl (C=O) groups excluding carboxylic acids is 2. The van der Waals surface area contributed by atoms with Crippen LogP contribution in [0.4, 0.5) is 0 Å². The zero-order valence-electron chi connectivity index (χ0n) is 13.2. The third-order valence-electron chi connectivity index (χ3n) is 3.35. The molecular weight excluding hydrogens is 296 g/mol. The van der Waals surface area contributed by atoms with Crippen LogP contribution < -0.4 is 10.2 Å². The van der Waals surface area contributed by atoms with Crippen LogP contribution >= 0.6 is 0 Å². The summed E-state index contributed by atoms with van der Waals surface area (Å²) >= 11 is 0. The van der Waals surface area contributed by atoms with Gasteiger partial charge in [-0.1, -0.05) is 64.7 Å². The molecular formula is C16H26CaO4. The molecule has 0 saturated heterocycles. The van der Waals surface area contributed by atoms with Gasteiger partial charge >= 0.3 is 37.7 Å². The molecule has 0 aromatic carbocycles. The quantitative estimate of drug-likeness (QED) is 0.291. The van der Waals surface area contributed by atoms with E-state index in [2.05, 4.69) is 6.92 Å². The minimum Gasteiger partial charge on any atom is -0.545 e. The molecule has 0 unspecified atom stereocenters. The molecule has 21 heavy (non-hydrogen) atoms. The SMILES string of the molecule is CCCCCCCCCCCC/C(=C/C(=O)[O-])C(=O)[O-].[Ca+2]. The second-order valence-corrected chi connectivity index (χ2v) is 5.21. The first-order valence-electron chi connectivity index (χ1n) is 7.70. The normalized spacial score (nSPS) is 11.0. The summed E-state index contributed by atoms with van der Waals surface area (Å²) in [6.45, 7) is 2.20. The van der Waals surface area contributed by atoms with Crippen LogP contribution in [-0.4, -0.2) is 49.7 Å². The second-order valence-electron chi connectivity index (χ2n) is 5.21. The summed E-state index contributed by atoms with van der Waals surface area (Å²) in [4.78, 5) is 21.0. The van der Waals surface area contributed by atoms with Gasteiger partial charge in [0.2, 0.25) is 0 Å². The van der Waals surface area contributed by atoms with Crippen molar-refractivity contribution in [3.63, 3.8) is 0 Å². The number of hydrogen-bond donors (Lipinski definition) is 0. The van der Waals surface area contributed by atoms with Gasteiger partial charge in [-0.05, 0) is 24.5 Å². The topological polar surface area (TPSA) is 80.3 Å². The fourth-order valence-electron chi connectivity index (χ4n) is 2.18. The minimum absolute atomic E-state index is 0. The molecule has 0 atom stereocenters. The second kappa shape index (κ2) is 16.3. The molecule has 0 rings (SSSR count). The molecule has 0 amide bonds. The average Bonchev–Trinajstić information content (AvgIpc) is 2.39. The van der Waals surface area contributed by atoms with E-state index in [1.54, 1.807) is 0 Å². The maximum atomic E-state index is 10.7. The van der Waals surface area contributed by atoms with Crippen molar-refractivity contribution < 1.29 is 19.8 Å². The molecule has 0 N–H and O–H groups in total. The number of carboxylic acids is 2. The van der Waals surface area contributed by atoms with Crippen LogP contribution in [0.25, 0.3) is 0 Å². The first-order valence-corrected chi connectivity index (χ1v) is 7.70. The Labute approximate surface area is 158 Å². The Hall–Kier alpha value is -0.0603. The van der Waals surface area contributed by atoms with Gasteiger partial charge in [-0.3, -0.25) is 0 Å². The molecule has 0 aliphatic carbocycles. The summed E-state index contributed by atoms with van der Waals surface area (Å²) < 4.78 is 0. The van der Waals surface area contributed by atoms with Crippen molar-refractivity contribution in [2.24, 2.45) is 0 Å². The van der Waals surface area contributed by atoms with Gasteiger partial charge in [-0.15, -0.1) is 0 Å². The van der Waals surface area contributed by atoms with E-state index in [-0.39, 0.29) is 49.7 Å². The van der Waals surface area contributed by atoms with Crippen molar-refractivity contribution in [3.05, 3.63) is 11.6 Å². The van der Waals surface area contributed by atoms with Gasteiger partial charge in [0.25, 0.3) is 0 Å². The van der Waals surface area contributed by atoms with Gasteiger partial charge in [0.1, 0.15) is 0 Å². The van der Waals surface area contributed by atoms with Crippen LogP contribution in [-0.2, 0) is 9.59 Å². The fourth-order valence-corrected chi connectivity index (χ4v) is 2.18. The van der Waals surface area contributed by atoms with Crippen molar-refractivity contribution in [3.8, 4) is 0 Å². The molecule has 0 bridgehead atoms. The number of unbranched alkanes of at least 4 members (excludes halogenated alkanes) is 9. The summed E-state index contributed by atoms with van der Waals surface area (Å²) in [5.41, 5.74) is -0.176. The third kappa shape index (κ3) is 16.1. The van der Waals surface area contributed by atoms with Crippen molar-refractivity contribution in [2.45, 2.75) is 77.6 Å². The molecule has 0 spiro atoms. The zero-order valence-corrected chi connectivity index (χ0v) is 15.4. The Kier molecular flexibility index (Phi) is 18.0. The minimum atomic E-state index is -1.48. The van der Waals surface area contributed by atoms with Crippen LogP contribution in [0.5, 0.6) is 0 Å². The standard InChI is InChI=1S/C16H28O4.Ca/c1-2-3-4-5-6-7-8-9-10-11-12-14(16(19)20)13-15(17)18;/h13H,2-12H2,1H3,(H,17,18)(H,19,20);/q;+2/p-2/b14-13-;.